The third-order valence-corrected chi connectivity index (χ3v) is 4.87. The summed E-state index contributed by atoms with van der Waals surface area (Å²) in [4.78, 5) is 19.9. The molecule has 5 nitrogen and oxygen atoms in total. The highest BCUT2D eigenvalue weighted by molar-refractivity contribution is 9.10. The van der Waals surface area contributed by atoms with E-state index in [0.717, 1.165) is 18.7 Å². The van der Waals surface area contributed by atoms with E-state index in [1.807, 2.05) is 13.8 Å². The van der Waals surface area contributed by atoms with Crippen molar-refractivity contribution in [2.24, 2.45) is 0 Å². The number of aryl methyl sites for hydroxylation is 2. The lowest BCUT2D eigenvalue weighted by molar-refractivity contribution is 0.230. The summed E-state index contributed by atoms with van der Waals surface area (Å²) >= 11 is 3.52. The van der Waals surface area contributed by atoms with Crippen LogP contribution in [0, 0.1) is 6.92 Å². The molecule has 158 valence electrons. The fraction of sp³-hybridized carbons (Fsp3) is 0.435. The molecule has 2 aromatic rings. The summed E-state index contributed by atoms with van der Waals surface area (Å²) in [7, 11) is 3.45. The van der Waals surface area contributed by atoms with Gasteiger partial charge in [-0.1, -0.05) is 70.5 Å². The van der Waals surface area contributed by atoms with Gasteiger partial charge in [-0.25, -0.2) is 9.78 Å². The predicted octanol–water partition coefficient (Wildman–Crippen LogP) is 6.27. The lowest BCUT2D eigenvalue weighted by Crippen LogP contribution is -2.42. The van der Waals surface area contributed by atoms with Crippen LogP contribution in [-0.4, -0.2) is 34.6 Å². The number of imidazole rings is 1. The molecule has 1 aromatic carbocycles. The van der Waals surface area contributed by atoms with Gasteiger partial charge in [0.25, 0.3) is 0 Å². The SMILES string of the molecule is C=C=C1c2c(nc(Br)n2CCc2ccc(C)cc2)N(C)C(=O)N1C.CC.CCC. The van der Waals surface area contributed by atoms with Crippen molar-refractivity contribution in [1.82, 2.24) is 14.5 Å². The minimum Gasteiger partial charge on any atom is -0.315 e. The average Bonchev–Trinajstić information content (AvgIpc) is 3.05. The maximum Gasteiger partial charge on any atom is 0.330 e. The highest BCUT2D eigenvalue weighted by Gasteiger charge is 2.34. The van der Waals surface area contributed by atoms with Gasteiger partial charge in [0.15, 0.2) is 10.6 Å². The Hall–Kier alpha value is -2.30. The lowest BCUT2D eigenvalue weighted by atomic mass is 10.1. The van der Waals surface area contributed by atoms with Crippen LogP contribution >= 0.6 is 15.9 Å². The van der Waals surface area contributed by atoms with Crippen LogP contribution in [0.5, 0.6) is 0 Å². The number of carbonyl (C=O) groups excluding carboxylic acids is 1. The van der Waals surface area contributed by atoms with Crippen LogP contribution in [0.25, 0.3) is 5.70 Å². The first-order chi connectivity index (χ1) is 13.8. The molecule has 0 radical (unpaired) electrons. The number of amides is 2. The molecule has 1 aliphatic rings. The first-order valence-corrected chi connectivity index (χ1v) is 10.9. The second-order valence-electron chi connectivity index (χ2n) is 6.57. The summed E-state index contributed by atoms with van der Waals surface area (Å²) in [6.45, 7) is 14.8. The van der Waals surface area contributed by atoms with E-state index in [2.05, 4.69) is 82.8 Å². The predicted molar refractivity (Wildman–Crippen MR) is 126 cm³/mol. The van der Waals surface area contributed by atoms with Gasteiger partial charge >= 0.3 is 6.03 Å². The van der Waals surface area contributed by atoms with E-state index in [1.165, 1.54) is 17.5 Å². The molecule has 0 saturated carbocycles. The quantitative estimate of drug-likeness (QED) is 0.506. The van der Waals surface area contributed by atoms with Crippen LogP contribution in [0.15, 0.2) is 41.3 Å². The molecular formula is C23H33BrN4O. The number of rotatable bonds is 3. The molecule has 2 heterocycles. The Labute approximate surface area is 183 Å². The first kappa shape index (κ1) is 24.7. The van der Waals surface area contributed by atoms with Crippen LogP contribution in [0.3, 0.4) is 0 Å². The Morgan fingerprint density at radius 2 is 1.66 bits per heavy atom. The van der Waals surface area contributed by atoms with Gasteiger partial charge in [0.05, 0.1) is 0 Å². The van der Waals surface area contributed by atoms with E-state index in [0.29, 0.717) is 16.2 Å². The smallest absolute Gasteiger partial charge is 0.315 e. The number of carbonyl (C=O) groups is 1. The summed E-state index contributed by atoms with van der Waals surface area (Å²) in [5, 5.41) is 0. The van der Waals surface area contributed by atoms with Crippen LogP contribution in [0.1, 0.15) is 50.9 Å². The number of hydrogen-bond donors (Lipinski definition) is 0. The van der Waals surface area contributed by atoms with E-state index in [1.54, 1.807) is 23.9 Å². The van der Waals surface area contributed by atoms with Crippen molar-refractivity contribution >= 4 is 33.5 Å². The van der Waals surface area contributed by atoms with Crippen LogP contribution in [0.2, 0.25) is 0 Å². The number of anilines is 1. The van der Waals surface area contributed by atoms with Crippen LogP contribution in [0.4, 0.5) is 10.6 Å². The zero-order chi connectivity index (χ0) is 22.1. The number of nitrogens with zero attached hydrogens (tertiary/aromatic N) is 4. The fourth-order valence-electron chi connectivity index (χ4n) is 2.85. The van der Waals surface area contributed by atoms with Gasteiger partial charge in [0.2, 0.25) is 0 Å². The number of aromatic nitrogens is 2. The van der Waals surface area contributed by atoms with Gasteiger partial charge in [-0.2, -0.15) is 0 Å². The fourth-order valence-corrected chi connectivity index (χ4v) is 3.38. The third-order valence-electron chi connectivity index (χ3n) is 4.27. The van der Waals surface area contributed by atoms with E-state index >= 15 is 0 Å². The molecule has 0 unspecified atom stereocenters. The van der Waals surface area contributed by atoms with Gasteiger partial charge in [-0.3, -0.25) is 9.80 Å². The van der Waals surface area contributed by atoms with Crippen molar-refractivity contribution in [2.75, 3.05) is 19.0 Å². The molecule has 0 bridgehead atoms. The maximum absolute atomic E-state index is 12.3. The second-order valence-corrected chi connectivity index (χ2v) is 7.28. The van der Waals surface area contributed by atoms with Crippen LogP contribution < -0.4 is 4.90 Å². The molecular weight excluding hydrogens is 428 g/mol. The molecule has 0 fully saturated rings. The van der Waals surface area contributed by atoms with E-state index in [-0.39, 0.29) is 6.03 Å². The molecule has 1 aromatic heterocycles. The van der Waals surface area contributed by atoms with Gasteiger partial charge in [-0.15, -0.1) is 5.73 Å². The standard InChI is InChI=1S/C18H19BrN4O.C3H8.C2H6/c1-5-14-15-16(22(4)18(24)21(14)3)20-17(19)23(15)11-10-13-8-6-12(2)7-9-13;1-3-2;1-2/h6-9H,1,10-11H2,2-4H3;3H2,1-2H3;1-2H3. The van der Waals surface area contributed by atoms with Crippen molar-refractivity contribution in [2.45, 2.75) is 54.0 Å². The molecule has 2 amide bonds. The Kier molecular flexibility index (Phi) is 9.93. The third kappa shape index (κ3) is 5.62. The monoisotopic (exact) mass is 460 g/mol. The van der Waals surface area contributed by atoms with E-state index < -0.39 is 0 Å². The van der Waals surface area contributed by atoms with Crippen LogP contribution in [-0.2, 0) is 13.0 Å². The number of hydrogen-bond acceptors (Lipinski definition) is 2. The summed E-state index contributed by atoms with van der Waals surface area (Å²) in [5.41, 5.74) is 6.89. The van der Waals surface area contributed by atoms with Gasteiger partial charge in [-0.05, 0) is 34.8 Å². The minimum absolute atomic E-state index is 0.149. The molecule has 0 aliphatic carbocycles. The number of benzene rings is 1. The minimum atomic E-state index is -0.149. The molecule has 29 heavy (non-hydrogen) atoms. The zero-order valence-electron chi connectivity index (χ0n) is 18.7. The molecule has 0 spiro atoms. The van der Waals surface area contributed by atoms with Gasteiger partial charge < -0.3 is 4.57 Å². The summed E-state index contributed by atoms with van der Waals surface area (Å²) in [6, 6.07) is 8.35. The Morgan fingerprint density at radius 1 is 1.10 bits per heavy atom. The topological polar surface area (TPSA) is 41.4 Å². The molecule has 6 heteroatoms. The van der Waals surface area contributed by atoms with E-state index in [4.69, 9.17) is 0 Å². The molecule has 0 saturated heterocycles. The molecule has 1 aliphatic heterocycles. The van der Waals surface area contributed by atoms with E-state index in [9.17, 15) is 4.79 Å². The lowest BCUT2D eigenvalue weighted by Gasteiger charge is -2.31. The largest absolute Gasteiger partial charge is 0.330 e. The van der Waals surface area contributed by atoms with Gasteiger partial charge in [0.1, 0.15) is 11.4 Å². The van der Waals surface area contributed by atoms with Crippen molar-refractivity contribution < 1.29 is 4.79 Å². The highest BCUT2D eigenvalue weighted by Crippen LogP contribution is 2.35. The maximum atomic E-state index is 12.3. The number of urea groups is 1. The summed E-state index contributed by atoms with van der Waals surface area (Å²) < 4.78 is 2.75. The normalized spacial score (nSPS) is 12.4. The first-order valence-electron chi connectivity index (χ1n) is 10.1. The van der Waals surface area contributed by atoms with Crippen molar-refractivity contribution in [1.29, 1.82) is 0 Å². The van der Waals surface area contributed by atoms with Crippen molar-refractivity contribution in [3.05, 3.63) is 58.1 Å². The molecule has 0 N–H and O–H groups in total. The summed E-state index contributed by atoms with van der Waals surface area (Å²) in [5.74, 6) is 0.625. The molecule has 3 rings (SSSR count). The van der Waals surface area contributed by atoms with Crippen molar-refractivity contribution in [3.8, 4) is 0 Å². The second kappa shape index (κ2) is 11.6. The zero-order valence-corrected chi connectivity index (χ0v) is 20.3. The summed E-state index contributed by atoms with van der Waals surface area (Å²) in [6.07, 6.45) is 2.12. The van der Waals surface area contributed by atoms with Gasteiger partial charge in [0, 0.05) is 20.6 Å². The number of fused-ring (bicyclic) bond motifs is 1. The average molecular weight is 461 g/mol. The Balaban J connectivity index is 0.000000771. The Bertz CT molecular complexity index is 864. The van der Waals surface area contributed by atoms with Crippen molar-refractivity contribution in [3.63, 3.8) is 0 Å². The Morgan fingerprint density at radius 3 is 2.17 bits per heavy atom. The number of halogens is 1. The molecule has 0 atom stereocenters. The highest BCUT2D eigenvalue weighted by atomic mass is 79.9.